The van der Waals surface area contributed by atoms with Crippen LogP contribution in [0.4, 0.5) is 0 Å². The highest BCUT2D eigenvalue weighted by molar-refractivity contribution is 5.77. The van der Waals surface area contributed by atoms with E-state index >= 15 is 0 Å². The van der Waals surface area contributed by atoms with Gasteiger partial charge in [-0.15, -0.1) is 0 Å². The first-order chi connectivity index (χ1) is 6.19. The van der Waals surface area contributed by atoms with Crippen LogP contribution in [0, 0.1) is 0 Å². The Hall–Kier alpha value is -1.51. The minimum Gasteiger partial charge on any atom is -0.508 e. The maximum absolute atomic E-state index is 10.4. The van der Waals surface area contributed by atoms with E-state index in [2.05, 4.69) is 0 Å². The van der Waals surface area contributed by atoms with E-state index in [1.165, 1.54) is 12.1 Å². The third-order valence-electron chi connectivity index (χ3n) is 1.86. The molecule has 0 unspecified atom stereocenters. The molecular weight excluding hydrogens is 168 g/mol. The number of hydrogen-bond acceptors (Lipinski definition) is 3. The van der Waals surface area contributed by atoms with Crippen LogP contribution in [0.2, 0.25) is 0 Å². The molecule has 0 saturated heterocycles. The average molecular weight is 180 g/mol. The molecule has 1 rings (SSSR count). The predicted molar refractivity (Wildman–Crippen MR) is 49.2 cm³/mol. The maximum atomic E-state index is 10.4. The Kier molecular flexibility index (Phi) is 2.90. The van der Waals surface area contributed by atoms with E-state index in [1.54, 1.807) is 0 Å². The van der Waals surface area contributed by atoms with Crippen molar-refractivity contribution in [3.63, 3.8) is 0 Å². The molecule has 13 heavy (non-hydrogen) atoms. The second kappa shape index (κ2) is 3.94. The summed E-state index contributed by atoms with van der Waals surface area (Å²) < 4.78 is 0. The minimum absolute atomic E-state index is 0.0102. The average Bonchev–Trinajstić information content (AvgIpc) is 2.11. The van der Waals surface area contributed by atoms with Gasteiger partial charge >= 0.3 is 0 Å². The van der Waals surface area contributed by atoms with Gasteiger partial charge in [-0.1, -0.05) is 13.3 Å². The Morgan fingerprint density at radius 3 is 2.23 bits per heavy atom. The summed E-state index contributed by atoms with van der Waals surface area (Å²) in [6, 6.07) is 2.72. The van der Waals surface area contributed by atoms with Gasteiger partial charge in [-0.3, -0.25) is 4.79 Å². The van der Waals surface area contributed by atoms with Gasteiger partial charge in [0.05, 0.1) is 0 Å². The Bertz CT molecular complexity index is 295. The number of carbonyl (C=O) groups is 1. The highest BCUT2D eigenvalue weighted by Gasteiger charge is 2.07. The summed E-state index contributed by atoms with van der Waals surface area (Å²) in [6.07, 6.45) is 2.04. The highest BCUT2D eigenvalue weighted by Crippen LogP contribution is 2.29. The highest BCUT2D eigenvalue weighted by atomic mass is 16.3. The molecule has 0 heterocycles. The predicted octanol–water partition coefficient (Wildman–Crippen LogP) is 1.86. The molecule has 0 radical (unpaired) electrons. The number of phenols is 2. The van der Waals surface area contributed by atoms with E-state index in [0.717, 1.165) is 6.42 Å². The van der Waals surface area contributed by atoms with Crippen LogP contribution >= 0.6 is 0 Å². The number of carbonyl (C=O) groups excluding carboxylic acids is 1. The van der Waals surface area contributed by atoms with E-state index < -0.39 is 0 Å². The van der Waals surface area contributed by atoms with E-state index in [-0.39, 0.29) is 17.1 Å². The summed E-state index contributed by atoms with van der Waals surface area (Å²) >= 11 is 0. The van der Waals surface area contributed by atoms with Crippen molar-refractivity contribution in [2.75, 3.05) is 0 Å². The van der Waals surface area contributed by atoms with Gasteiger partial charge in [-0.2, -0.15) is 0 Å². The Morgan fingerprint density at radius 1 is 1.31 bits per heavy atom. The molecule has 0 atom stereocenters. The number of rotatable bonds is 3. The van der Waals surface area contributed by atoms with Crippen molar-refractivity contribution in [2.45, 2.75) is 19.8 Å². The van der Waals surface area contributed by atoms with Crippen LogP contribution in [0.5, 0.6) is 11.5 Å². The molecule has 0 amide bonds. The molecule has 0 saturated carbocycles. The molecular formula is C10H12O3. The molecule has 0 bridgehead atoms. The van der Waals surface area contributed by atoms with Gasteiger partial charge in [0.2, 0.25) is 0 Å². The van der Waals surface area contributed by atoms with Gasteiger partial charge in [-0.25, -0.2) is 0 Å². The van der Waals surface area contributed by atoms with E-state index in [4.69, 9.17) is 0 Å². The normalized spacial score (nSPS) is 9.92. The number of hydrogen-bond donors (Lipinski definition) is 2. The first-order valence-corrected chi connectivity index (χ1v) is 4.19. The molecule has 0 spiro atoms. The molecule has 0 aliphatic carbocycles. The quantitative estimate of drug-likeness (QED) is 0.698. The van der Waals surface area contributed by atoms with Gasteiger partial charge in [0, 0.05) is 11.1 Å². The number of phenolic OH excluding ortho intramolecular Hbond substituents is 2. The Balaban J connectivity index is 3.14. The topological polar surface area (TPSA) is 57.5 Å². The summed E-state index contributed by atoms with van der Waals surface area (Å²) in [5.41, 5.74) is 0.794. The van der Waals surface area contributed by atoms with Crippen LogP contribution in [-0.4, -0.2) is 16.5 Å². The summed E-state index contributed by atoms with van der Waals surface area (Å²) in [7, 11) is 0. The lowest BCUT2D eigenvalue weighted by Gasteiger charge is -2.06. The van der Waals surface area contributed by atoms with Gasteiger partial charge in [0.15, 0.2) is 0 Å². The fraction of sp³-hybridized carbons (Fsp3) is 0.300. The number of aromatic hydroxyl groups is 2. The molecule has 0 aromatic heterocycles. The lowest BCUT2D eigenvalue weighted by molar-refractivity contribution is 0.112. The first-order valence-electron chi connectivity index (χ1n) is 4.19. The zero-order valence-electron chi connectivity index (χ0n) is 7.45. The maximum Gasteiger partial charge on any atom is 0.150 e. The van der Waals surface area contributed by atoms with Crippen LogP contribution in [0.3, 0.4) is 0 Å². The minimum atomic E-state index is -0.0102. The molecule has 3 nitrogen and oxygen atoms in total. The van der Waals surface area contributed by atoms with Crippen LogP contribution in [-0.2, 0) is 6.42 Å². The van der Waals surface area contributed by atoms with Gasteiger partial charge in [-0.05, 0) is 18.6 Å². The molecule has 0 fully saturated rings. The third kappa shape index (κ3) is 1.99. The lowest BCUT2D eigenvalue weighted by Crippen LogP contribution is -1.88. The molecule has 1 aromatic rings. The molecule has 3 heteroatoms. The molecule has 1 aromatic carbocycles. The smallest absolute Gasteiger partial charge is 0.150 e. The van der Waals surface area contributed by atoms with E-state index in [9.17, 15) is 15.0 Å². The van der Waals surface area contributed by atoms with Gasteiger partial charge in [0.1, 0.15) is 17.8 Å². The SMILES string of the molecule is CCCc1c(O)cc(C=O)cc1O. The standard InChI is InChI=1S/C10H12O3/c1-2-3-8-9(12)4-7(6-11)5-10(8)13/h4-6,12-13H,2-3H2,1H3. The lowest BCUT2D eigenvalue weighted by atomic mass is 10.1. The van der Waals surface area contributed by atoms with Crippen molar-refractivity contribution in [3.05, 3.63) is 23.3 Å². The Morgan fingerprint density at radius 2 is 1.85 bits per heavy atom. The zero-order chi connectivity index (χ0) is 9.84. The number of aldehydes is 1. The van der Waals surface area contributed by atoms with E-state index in [1.807, 2.05) is 6.92 Å². The van der Waals surface area contributed by atoms with Crippen LogP contribution in [0.25, 0.3) is 0 Å². The van der Waals surface area contributed by atoms with Crippen LogP contribution in [0.15, 0.2) is 12.1 Å². The molecule has 0 aliphatic heterocycles. The number of benzene rings is 1. The van der Waals surface area contributed by atoms with Crippen molar-refractivity contribution < 1.29 is 15.0 Å². The van der Waals surface area contributed by atoms with Crippen molar-refractivity contribution >= 4 is 6.29 Å². The van der Waals surface area contributed by atoms with Crippen molar-refractivity contribution in [3.8, 4) is 11.5 Å². The van der Waals surface area contributed by atoms with E-state index in [0.29, 0.717) is 18.3 Å². The summed E-state index contributed by atoms with van der Waals surface area (Å²) in [4.78, 5) is 10.4. The van der Waals surface area contributed by atoms with Crippen LogP contribution in [0.1, 0.15) is 29.3 Å². The van der Waals surface area contributed by atoms with Gasteiger partial charge < -0.3 is 10.2 Å². The molecule has 70 valence electrons. The molecule has 2 N–H and O–H groups in total. The fourth-order valence-corrected chi connectivity index (χ4v) is 1.24. The van der Waals surface area contributed by atoms with Crippen molar-refractivity contribution in [1.29, 1.82) is 0 Å². The summed E-state index contributed by atoms with van der Waals surface area (Å²) in [5, 5.41) is 18.8. The third-order valence-corrected chi connectivity index (χ3v) is 1.86. The Labute approximate surface area is 76.6 Å². The summed E-state index contributed by atoms with van der Waals surface area (Å²) in [5.74, 6) is -0.0205. The fourth-order valence-electron chi connectivity index (χ4n) is 1.24. The van der Waals surface area contributed by atoms with Crippen molar-refractivity contribution in [2.24, 2.45) is 0 Å². The van der Waals surface area contributed by atoms with Crippen LogP contribution < -0.4 is 0 Å². The second-order valence-electron chi connectivity index (χ2n) is 2.91. The van der Waals surface area contributed by atoms with Gasteiger partial charge in [0.25, 0.3) is 0 Å². The zero-order valence-corrected chi connectivity index (χ0v) is 7.45. The first kappa shape index (κ1) is 9.58. The largest absolute Gasteiger partial charge is 0.508 e. The monoisotopic (exact) mass is 180 g/mol. The second-order valence-corrected chi connectivity index (χ2v) is 2.91. The van der Waals surface area contributed by atoms with Crippen molar-refractivity contribution in [1.82, 2.24) is 0 Å². The molecule has 0 aliphatic rings. The summed E-state index contributed by atoms with van der Waals surface area (Å²) in [6.45, 7) is 1.95.